The van der Waals surface area contributed by atoms with Crippen LogP contribution >= 0.6 is 0 Å². The standard InChI is InChI=1S/C22H39NO3/c1-16-4-3-5-17(2)23(16)14-21(24)15-25-6-7-26-22-11-18-8-19(12-22)10-20(9-18)13-22/h16-21,24H,3-15H2,1-2H3. The molecule has 1 saturated heterocycles. The van der Waals surface area contributed by atoms with Crippen molar-refractivity contribution in [1.82, 2.24) is 4.90 Å². The maximum atomic E-state index is 10.4. The lowest BCUT2D eigenvalue weighted by molar-refractivity contribution is -0.170. The number of aliphatic hydroxyl groups is 1. The van der Waals surface area contributed by atoms with E-state index in [1.807, 2.05) is 0 Å². The Morgan fingerprint density at radius 1 is 0.962 bits per heavy atom. The van der Waals surface area contributed by atoms with E-state index in [2.05, 4.69) is 18.7 Å². The van der Waals surface area contributed by atoms with Gasteiger partial charge in [0.15, 0.2) is 0 Å². The van der Waals surface area contributed by atoms with E-state index in [1.54, 1.807) is 0 Å². The van der Waals surface area contributed by atoms with E-state index < -0.39 is 6.10 Å². The number of ether oxygens (including phenoxy) is 2. The molecule has 4 nitrogen and oxygen atoms in total. The molecule has 0 spiro atoms. The Kier molecular flexibility index (Phi) is 5.95. The van der Waals surface area contributed by atoms with Gasteiger partial charge in [0.1, 0.15) is 0 Å². The van der Waals surface area contributed by atoms with E-state index in [4.69, 9.17) is 9.47 Å². The molecule has 5 rings (SSSR count). The van der Waals surface area contributed by atoms with Gasteiger partial charge in [0.2, 0.25) is 0 Å². The van der Waals surface area contributed by atoms with Crippen LogP contribution in [0, 0.1) is 17.8 Å². The van der Waals surface area contributed by atoms with Crippen molar-refractivity contribution in [3.63, 3.8) is 0 Å². The summed E-state index contributed by atoms with van der Waals surface area (Å²) in [6, 6.07) is 1.15. The molecule has 1 heterocycles. The van der Waals surface area contributed by atoms with E-state index in [-0.39, 0.29) is 5.60 Å². The van der Waals surface area contributed by atoms with Crippen molar-refractivity contribution in [2.75, 3.05) is 26.4 Å². The second-order valence-electron chi connectivity index (χ2n) is 10.0. The summed E-state index contributed by atoms with van der Waals surface area (Å²) in [5, 5.41) is 10.4. The molecule has 150 valence electrons. The van der Waals surface area contributed by atoms with Crippen LogP contribution in [0.2, 0.25) is 0 Å². The summed E-state index contributed by atoms with van der Waals surface area (Å²) >= 11 is 0. The number of hydrogen-bond acceptors (Lipinski definition) is 4. The fourth-order valence-electron chi connectivity index (χ4n) is 6.88. The average molecular weight is 366 g/mol. The van der Waals surface area contributed by atoms with Crippen LogP contribution in [0.5, 0.6) is 0 Å². The monoisotopic (exact) mass is 365 g/mol. The molecule has 26 heavy (non-hydrogen) atoms. The number of β-amino-alcohol motifs (C(OH)–C–C–N with tert-alkyl or cyclic N) is 1. The van der Waals surface area contributed by atoms with Gasteiger partial charge in [0, 0.05) is 18.6 Å². The fourth-order valence-corrected chi connectivity index (χ4v) is 6.88. The minimum Gasteiger partial charge on any atom is -0.389 e. The molecule has 0 amide bonds. The van der Waals surface area contributed by atoms with Crippen molar-refractivity contribution in [1.29, 1.82) is 0 Å². The molecular weight excluding hydrogens is 326 g/mol. The van der Waals surface area contributed by atoms with Gasteiger partial charge < -0.3 is 14.6 Å². The largest absolute Gasteiger partial charge is 0.389 e. The average Bonchev–Trinajstić information content (AvgIpc) is 2.57. The van der Waals surface area contributed by atoms with Crippen molar-refractivity contribution in [2.24, 2.45) is 17.8 Å². The first-order valence-corrected chi connectivity index (χ1v) is 11.2. The van der Waals surface area contributed by atoms with E-state index in [9.17, 15) is 5.11 Å². The first-order chi connectivity index (χ1) is 12.5. The van der Waals surface area contributed by atoms with E-state index in [1.165, 1.54) is 57.8 Å². The Morgan fingerprint density at radius 2 is 1.54 bits per heavy atom. The van der Waals surface area contributed by atoms with Gasteiger partial charge in [-0.3, -0.25) is 4.90 Å². The van der Waals surface area contributed by atoms with Crippen LogP contribution in [-0.2, 0) is 9.47 Å². The van der Waals surface area contributed by atoms with Gasteiger partial charge in [0.05, 0.1) is 31.5 Å². The molecule has 0 aromatic heterocycles. The summed E-state index contributed by atoms with van der Waals surface area (Å²) in [5.41, 5.74) is 0.176. The molecule has 1 N–H and O–H groups in total. The van der Waals surface area contributed by atoms with Crippen molar-refractivity contribution in [3.05, 3.63) is 0 Å². The minimum absolute atomic E-state index is 0.176. The highest BCUT2D eigenvalue weighted by molar-refractivity contribution is 5.03. The lowest BCUT2D eigenvalue weighted by Crippen LogP contribution is -2.52. The third kappa shape index (κ3) is 4.29. The molecule has 4 aliphatic carbocycles. The number of nitrogens with zero attached hydrogens (tertiary/aromatic N) is 1. The second-order valence-corrected chi connectivity index (χ2v) is 10.0. The van der Waals surface area contributed by atoms with Crippen molar-refractivity contribution in [3.8, 4) is 0 Å². The minimum atomic E-state index is -0.391. The molecule has 0 aromatic carbocycles. The predicted molar refractivity (Wildman–Crippen MR) is 103 cm³/mol. The molecule has 3 unspecified atom stereocenters. The smallest absolute Gasteiger partial charge is 0.0900 e. The molecule has 5 fully saturated rings. The molecule has 4 heteroatoms. The van der Waals surface area contributed by atoms with Crippen molar-refractivity contribution in [2.45, 2.75) is 95.4 Å². The topological polar surface area (TPSA) is 41.9 Å². The van der Waals surface area contributed by atoms with Gasteiger partial charge in [-0.05, 0) is 83.0 Å². The normalized spacial score (nSPS) is 43.7. The Balaban J connectivity index is 1.13. The Hall–Kier alpha value is -0.160. The summed E-state index contributed by atoms with van der Waals surface area (Å²) in [7, 11) is 0. The summed E-state index contributed by atoms with van der Waals surface area (Å²) < 4.78 is 12.2. The first-order valence-electron chi connectivity index (χ1n) is 11.2. The highest BCUT2D eigenvalue weighted by atomic mass is 16.5. The van der Waals surface area contributed by atoms with Crippen LogP contribution in [-0.4, -0.2) is 60.2 Å². The van der Waals surface area contributed by atoms with Gasteiger partial charge in [-0.2, -0.15) is 0 Å². The quantitative estimate of drug-likeness (QED) is 0.667. The lowest BCUT2D eigenvalue weighted by Gasteiger charge is -2.56. The van der Waals surface area contributed by atoms with Gasteiger partial charge in [-0.15, -0.1) is 0 Å². The van der Waals surface area contributed by atoms with E-state index in [0.717, 1.165) is 24.3 Å². The molecule has 3 atom stereocenters. The molecule has 5 aliphatic rings. The van der Waals surface area contributed by atoms with Crippen LogP contribution in [0.3, 0.4) is 0 Å². The molecule has 0 radical (unpaired) electrons. The molecule has 4 bridgehead atoms. The van der Waals surface area contributed by atoms with Gasteiger partial charge in [-0.25, -0.2) is 0 Å². The maximum Gasteiger partial charge on any atom is 0.0900 e. The Labute approximate surface area is 159 Å². The van der Waals surface area contributed by atoms with Crippen LogP contribution in [0.1, 0.15) is 71.6 Å². The highest BCUT2D eigenvalue weighted by Gasteiger charge is 2.51. The first kappa shape index (κ1) is 19.2. The summed E-state index contributed by atoms with van der Waals surface area (Å²) in [6.45, 7) is 7.03. The summed E-state index contributed by atoms with van der Waals surface area (Å²) in [5.74, 6) is 2.78. The fraction of sp³-hybridized carbons (Fsp3) is 1.00. The predicted octanol–water partition coefficient (Wildman–Crippen LogP) is 3.61. The Bertz CT molecular complexity index is 423. The second kappa shape index (κ2) is 8.06. The highest BCUT2D eigenvalue weighted by Crippen LogP contribution is 2.57. The van der Waals surface area contributed by atoms with Crippen LogP contribution in [0.15, 0.2) is 0 Å². The maximum absolute atomic E-state index is 10.4. The van der Waals surface area contributed by atoms with Crippen LogP contribution < -0.4 is 0 Å². The van der Waals surface area contributed by atoms with Crippen LogP contribution in [0.25, 0.3) is 0 Å². The van der Waals surface area contributed by atoms with E-state index >= 15 is 0 Å². The third-order valence-electron chi connectivity index (χ3n) is 7.73. The number of piperidine rings is 1. The number of rotatable bonds is 8. The SMILES string of the molecule is CC1CCCC(C)N1CC(O)COCCOC12CC3CC(CC(C3)C1)C2. The molecule has 1 aliphatic heterocycles. The lowest BCUT2D eigenvalue weighted by atomic mass is 9.54. The van der Waals surface area contributed by atoms with Crippen molar-refractivity contribution < 1.29 is 14.6 Å². The van der Waals surface area contributed by atoms with Crippen molar-refractivity contribution >= 4 is 0 Å². The van der Waals surface area contributed by atoms with Gasteiger partial charge in [-0.1, -0.05) is 6.42 Å². The van der Waals surface area contributed by atoms with Crippen LogP contribution in [0.4, 0.5) is 0 Å². The zero-order chi connectivity index (χ0) is 18.1. The molecule has 0 aromatic rings. The van der Waals surface area contributed by atoms with E-state index in [0.29, 0.717) is 31.9 Å². The zero-order valence-electron chi connectivity index (χ0n) is 16.9. The van der Waals surface area contributed by atoms with Gasteiger partial charge >= 0.3 is 0 Å². The van der Waals surface area contributed by atoms with Gasteiger partial charge in [0.25, 0.3) is 0 Å². The molecule has 4 saturated carbocycles. The molecular formula is C22H39NO3. The zero-order valence-corrected chi connectivity index (χ0v) is 16.9. The summed E-state index contributed by atoms with van der Waals surface area (Å²) in [4.78, 5) is 2.45. The number of hydrogen-bond donors (Lipinski definition) is 1. The number of aliphatic hydroxyl groups excluding tert-OH is 1. The Morgan fingerprint density at radius 3 is 2.12 bits per heavy atom. The number of likely N-dealkylation sites (tertiary alicyclic amines) is 1. The third-order valence-corrected chi connectivity index (χ3v) is 7.73. The summed E-state index contributed by atoms with van der Waals surface area (Å²) in [6.07, 6.45) is 11.6.